The van der Waals surface area contributed by atoms with Crippen LogP contribution in [0, 0.1) is 22.7 Å². The van der Waals surface area contributed by atoms with Crippen molar-refractivity contribution in [2.75, 3.05) is 6.54 Å². The lowest BCUT2D eigenvalue weighted by Crippen LogP contribution is -2.51. The lowest BCUT2D eigenvalue weighted by Gasteiger charge is -2.26. The highest BCUT2D eigenvalue weighted by molar-refractivity contribution is 5.95. The smallest absolute Gasteiger partial charge is 0.475 e. The van der Waals surface area contributed by atoms with Crippen LogP contribution in [0.2, 0.25) is 0 Å². The molecule has 2 aromatic carbocycles. The third-order valence-corrected chi connectivity index (χ3v) is 6.19. The Morgan fingerprint density at radius 2 is 1.46 bits per heavy atom. The molecule has 18 heteroatoms. The number of carboxylic acids is 2. The largest absolute Gasteiger partial charge is 0.490 e. The van der Waals surface area contributed by atoms with Gasteiger partial charge in [-0.3, -0.25) is 15.0 Å². The van der Waals surface area contributed by atoms with E-state index in [0.717, 1.165) is 11.1 Å². The van der Waals surface area contributed by atoms with Crippen molar-refractivity contribution in [3.05, 3.63) is 71.3 Å². The van der Waals surface area contributed by atoms with Gasteiger partial charge in [0.2, 0.25) is 11.8 Å². The molecule has 1 saturated heterocycles. The van der Waals surface area contributed by atoms with Crippen molar-refractivity contribution in [1.29, 1.82) is 10.7 Å². The maximum Gasteiger partial charge on any atom is 0.490 e. The molecule has 0 unspecified atom stereocenters. The van der Waals surface area contributed by atoms with E-state index in [1.165, 1.54) is 4.90 Å². The average molecular weight is 661 g/mol. The summed E-state index contributed by atoms with van der Waals surface area (Å²) in [6.45, 7) is 0.479. The van der Waals surface area contributed by atoms with Crippen LogP contribution in [0.15, 0.2) is 54.6 Å². The highest BCUT2D eigenvalue weighted by atomic mass is 19.4. The average Bonchev–Trinajstić information content (AvgIpc) is 3.43. The van der Waals surface area contributed by atoms with Gasteiger partial charge in [-0.25, -0.2) is 9.59 Å². The number of carbonyl (C=O) groups is 4. The van der Waals surface area contributed by atoms with E-state index in [-0.39, 0.29) is 30.7 Å². The number of halogens is 6. The molecule has 3 rings (SSSR count). The minimum atomic E-state index is -5.08. The third-order valence-electron chi connectivity index (χ3n) is 6.19. The fourth-order valence-corrected chi connectivity index (χ4v) is 3.83. The SMILES string of the molecule is N#C[C@H]1C[C@@H](C(=O)NCc2ccc(C(=N)N)cc2)N(C(=O)[C@H](N)CCc2ccccc2)C1.O=C(O)C(F)(F)F.O=C(O)C(F)(F)F. The lowest BCUT2D eigenvalue weighted by atomic mass is 10.0. The Hall–Kier alpha value is -5.18. The van der Waals surface area contributed by atoms with E-state index in [0.29, 0.717) is 24.8 Å². The molecule has 1 heterocycles. The first kappa shape index (κ1) is 38.8. The highest BCUT2D eigenvalue weighted by Crippen LogP contribution is 2.24. The molecule has 12 nitrogen and oxygen atoms in total. The summed E-state index contributed by atoms with van der Waals surface area (Å²) in [5, 5.41) is 33.9. The van der Waals surface area contributed by atoms with Crippen LogP contribution in [0.5, 0.6) is 0 Å². The number of amidine groups is 1. The van der Waals surface area contributed by atoms with E-state index >= 15 is 0 Å². The summed E-state index contributed by atoms with van der Waals surface area (Å²) in [6.07, 6.45) is -8.74. The van der Waals surface area contributed by atoms with Crippen molar-refractivity contribution in [2.24, 2.45) is 17.4 Å². The molecule has 250 valence electrons. The minimum absolute atomic E-state index is 0.0214. The van der Waals surface area contributed by atoms with E-state index in [1.807, 2.05) is 30.3 Å². The van der Waals surface area contributed by atoms with Gasteiger partial charge in [-0.1, -0.05) is 54.6 Å². The fourth-order valence-electron chi connectivity index (χ4n) is 3.83. The summed E-state index contributed by atoms with van der Waals surface area (Å²) >= 11 is 0. The van der Waals surface area contributed by atoms with E-state index < -0.39 is 42.3 Å². The molecule has 0 saturated carbocycles. The Labute approximate surface area is 258 Å². The van der Waals surface area contributed by atoms with Gasteiger partial charge in [0.15, 0.2) is 0 Å². The van der Waals surface area contributed by atoms with Gasteiger partial charge in [-0.2, -0.15) is 31.6 Å². The Bertz CT molecular complexity index is 1370. The summed E-state index contributed by atoms with van der Waals surface area (Å²) in [4.78, 5) is 45.1. The molecule has 0 aromatic heterocycles. The molecule has 1 fully saturated rings. The first-order valence-corrected chi connectivity index (χ1v) is 13.1. The first-order chi connectivity index (χ1) is 21.3. The number of amides is 2. The second-order valence-electron chi connectivity index (χ2n) is 9.63. The molecule has 1 aliphatic rings. The predicted molar refractivity (Wildman–Crippen MR) is 149 cm³/mol. The number of benzene rings is 2. The van der Waals surface area contributed by atoms with Gasteiger partial charge in [0, 0.05) is 18.7 Å². The van der Waals surface area contributed by atoms with Crippen molar-refractivity contribution in [2.45, 2.75) is 50.2 Å². The molecule has 0 bridgehead atoms. The number of nitrogen functional groups attached to an aromatic ring is 1. The monoisotopic (exact) mass is 660 g/mol. The zero-order chi connectivity index (χ0) is 35.2. The molecule has 1 aliphatic heterocycles. The number of nitriles is 1. The highest BCUT2D eigenvalue weighted by Gasteiger charge is 2.41. The topological polar surface area (TPSA) is 224 Å². The second-order valence-corrected chi connectivity index (χ2v) is 9.63. The quantitative estimate of drug-likeness (QED) is 0.139. The van der Waals surface area contributed by atoms with Crippen molar-refractivity contribution in [3.8, 4) is 6.07 Å². The molecule has 0 spiro atoms. The van der Waals surface area contributed by atoms with Crippen LogP contribution in [-0.4, -0.2) is 75.7 Å². The maximum atomic E-state index is 13.0. The number of carbonyl (C=O) groups excluding carboxylic acids is 2. The number of hydrogen-bond donors (Lipinski definition) is 6. The van der Waals surface area contributed by atoms with Gasteiger partial charge < -0.3 is 31.9 Å². The standard InChI is InChI=1S/C24H28N6O2.2C2HF3O2/c25-13-18-12-21(23(31)29-14-17-6-9-19(10-7-17)22(27)28)30(15-18)24(32)20(26)11-8-16-4-2-1-3-5-16;2*3-2(4,5)1(6)7/h1-7,9-10,18,20-21H,8,11-12,14-15,26H2,(H3,27,28)(H,29,31);2*(H,6,7)/t18-,20-,21+;;/m1../s1. The number of rotatable bonds is 8. The predicted octanol–water partition coefficient (Wildman–Crippen LogP) is 2.55. The van der Waals surface area contributed by atoms with Gasteiger partial charge in [0.25, 0.3) is 0 Å². The fraction of sp³-hybridized carbons (Fsp3) is 0.357. The van der Waals surface area contributed by atoms with Gasteiger partial charge >= 0.3 is 24.3 Å². The van der Waals surface area contributed by atoms with Crippen molar-refractivity contribution in [3.63, 3.8) is 0 Å². The van der Waals surface area contributed by atoms with Crippen molar-refractivity contribution in [1.82, 2.24) is 10.2 Å². The molecule has 0 aliphatic carbocycles. The van der Waals surface area contributed by atoms with Gasteiger partial charge in [-0.15, -0.1) is 0 Å². The Kier molecular flexibility index (Phi) is 14.6. The van der Waals surface area contributed by atoms with Crippen LogP contribution >= 0.6 is 0 Å². The third kappa shape index (κ3) is 13.2. The molecular formula is C28H30F6N6O6. The van der Waals surface area contributed by atoms with Crippen LogP contribution < -0.4 is 16.8 Å². The minimum Gasteiger partial charge on any atom is -0.475 e. The van der Waals surface area contributed by atoms with E-state index in [1.54, 1.807) is 24.3 Å². The Morgan fingerprint density at radius 1 is 0.957 bits per heavy atom. The van der Waals surface area contributed by atoms with Gasteiger partial charge in [-0.05, 0) is 30.4 Å². The maximum absolute atomic E-state index is 13.0. The zero-order valence-electron chi connectivity index (χ0n) is 23.8. The molecule has 2 amide bonds. The second kappa shape index (κ2) is 17.3. The molecule has 8 N–H and O–H groups in total. The Balaban J connectivity index is 0.000000629. The number of hydrogen-bond acceptors (Lipinski definition) is 7. The van der Waals surface area contributed by atoms with Crippen LogP contribution in [0.25, 0.3) is 0 Å². The number of aliphatic carboxylic acids is 2. The van der Waals surface area contributed by atoms with Crippen LogP contribution in [0.1, 0.15) is 29.5 Å². The zero-order valence-corrected chi connectivity index (χ0v) is 23.8. The number of carboxylic acid groups (broad SMARTS) is 2. The summed E-state index contributed by atoms with van der Waals surface area (Å²) in [5.74, 6) is -6.54. The van der Waals surface area contributed by atoms with E-state index in [9.17, 15) is 41.2 Å². The van der Waals surface area contributed by atoms with Crippen LogP contribution in [-0.2, 0) is 32.1 Å². The van der Waals surface area contributed by atoms with Crippen molar-refractivity contribution < 1.29 is 55.7 Å². The molecule has 3 atom stereocenters. The normalized spacial score (nSPS) is 16.3. The lowest BCUT2D eigenvalue weighted by molar-refractivity contribution is -0.193. The number of nitrogens with one attached hydrogen (secondary N) is 2. The number of likely N-dealkylation sites (tertiary alicyclic amines) is 1. The first-order valence-electron chi connectivity index (χ1n) is 13.1. The number of nitrogens with zero attached hydrogens (tertiary/aromatic N) is 2. The van der Waals surface area contributed by atoms with Crippen molar-refractivity contribution >= 4 is 29.6 Å². The van der Waals surface area contributed by atoms with Crippen LogP contribution in [0.3, 0.4) is 0 Å². The Morgan fingerprint density at radius 3 is 1.89 bits per heavy atom. The number of aryl methyl sites for hydroxylation is 1. The summed E-state index contributed by atoms with van der Waals surface area (Å²) in [6, 6.07) is 17.5. The number of nitrogens with two attached hydrogens (primary N) is 2. The van der Waals surface area contributed by atoms with Gasteiger partial charge in [0.1, 0.15) is 11.9 Å². The molecule has 0 radical (unpaired) electrons. The van der Waals surface area contributed by atoms with E-state index in [4.69, 9.17) is 36.7 Å². The molecule has 46 heavy (non-hydrogen) atoms. The molecular weight excluding hydrogens is 630 g/mol. The van der Waals surface area contributed by atoms with Gasteiger partial charge in [0.05, 0.1) is 18.0 Å². The van der Waals surface area contributed by atoms with E-state index in [2.05, 4.69) is 11.4 Å². The molecule has 2 aromatic rings. The summed E-state index contributed by atoms with van der Waals surface area (Å²) in [7, 11) is 0. The summed E-state index contributed by atoms with van der Waals surface area (Å²) < 4.78 is 63.5. The number of alkyl halides is 6. The summed E-state index contributed by atoms with van der Waals surface area (Å²) in [5.41, 5.74) is 14.2. The van der Waals surface area contributed by atoms with Crippen LogP contribution in [0.4, 0.5) is 26.3 Å².